The number of carbonyl (C=O) groups excluding carboxylic acids is 1. The molecule has 1 fully saturated rings. The molecule has 1 aliphatic heterocycles. The van der Waals surface area contributed by atoms with Crippen molar-refractivity contribution in [3.63, 3.8) is 0 Å². The molecule has 0 saturated carbocycles. The number of methoxy groups -OCH3 is 1. The first kappa shape index (κ1) is 24.5. The van der Waals surface area contributed by atoms with Crippen LogP contribution in [0.5, 0.6) is 5.75 Å². The van der Waals surface area contributed by atoms with Crippen LogP contribution in [0.1, 0.15) is 35.6 Å². The Hall–Kier alpha value is -4.17. The topological polar surface area (TPSA) is 71.4 Å². The van der Waals surface area contributed by atoms with Gasteiger partial charge < -0.3 is 24.8 Å². The van der Waals surface area contributed by atoms with E-state index in [1.807, 2.05) is 72.8 Å². The van der Waals surface area contributed by atoms with Crippen molar-refractivity contribution in [1.29, 1.82) is 0 Å². The second kappa shape index (κ2) is 10.8. The molecule has 0 radical (unpaired) electrons. The zero-order valence-corrected chi connectivity index (χ0v) is 21.6. The van der Waals surface area contributed by atoms with Gasteiger partial charge in [-0.25, -0.2) is 0 Å². The molecule has 188 valence electrons. The second-order valence-corrected chi connectivity index (χ2v) is 9.30. The Bertz CT molecular complexity index is 1370. The van der Waals surface area contributed by atoms with E-state index in [1.165, 1.54) is 0 Å². The Kier molecular flexibility index (Phi) is 7.18. The summed E-state index contributed by atoms with van der Waals surface area (Å²) < 4.78 is 7.59. The quantitative estimate of drug-likeness (QED) is 0.317. The fourth-order valence-corrected chi connectivity index (χ4v) is 5.14. The minimum absolute atomic E-state index is 0.0595. The highest BCUT2D eigenvalue weighted by Gasteiger charge is 2.41. The van der Waals surface area contributed by atoms with Crippen LogP contribution in [0.4, 0.5) is 5.69 Å². The Morgan fingerprint density at radius 1 is 1.03 bits per heavy atom. The number of amides is 1. The van der Waals surface area contributed by atoms with Crippen molar-refractivity contribution in [2.75, 3.05) is 19.0 Å². The van der Waals surface area contributed by atoms with Gasteiger partial charge in [0.05, 0.1) is 24.9 Å². The largest absolute Gasteiger partial charge is 0.497 e. The van der Waals surface area contributed by atoms with Crippen LogP contribution in [0.25, 0.3) is 5.69 Å². The lowest BCUT2D eigenvalue weighted by molar-refractivity contribution is -0.116. The zero-order valence-electron chi connectivity index (χ0n) is 20.8. The lowest BCUT2D eigenvalue weighted by atomic mass is 10.0. The summed E-state index contributed by atoms with van der Waals surface area (Å²) in [6.45, 7) is 2.55. The number of anilines is 1. The van der Waals surface area contributed by atoms with Gasteiger partial charge in [0.25, 0.3) is 0 Å². The Balaban J connectivity index is 1.48. The highest BCUT2D eigenvalue weighted by atomic mass is 32.1. The first-order valence-electron chi connectivity index (χ1n) is 12.2. The molecule has 5 rings (SSSR count). The standard InChI is InChI=1S/C29H29N5O2S/c1-20-11-16-25(34(20)22-12-14-23(36-2)15-13-22)28-27(24-10-6-7-18-30-24)32-29(37)33(28)19-17-26(35)31-21-8-4-3-5-9-21/h3-16,18,27-28H,17,19H2,1-2H3,(H,31,35)(H,32,37)/t27-,28+/m0/s1. The summed E-state index contributed by atoms with van der Waals surface area (Å²) in [6.07, 6.45) is 2.09. The van der Waals surface area contributed by atoms with E-state index in [0.717, 1.165) is 34.2 Å². The molecule has 3 heterocycles. The van der Waals surface area contributed by atoms with Crippen LogP contribution in [0.15, 0.2) is 91.1 Å². The second-order valence-electron chi connectivity index (χ2n) is 8.92. The van der Waals surface area contributed by atoms with Gasteiger partial charge in [0.2, 0.25) is 5.91 Å². The van der Waals surface area contributed by atoms with Gasteiger partial charge in [0.1, 0.15) is 5.75 Å². The summed E-state index contributed by atoms with van der Waals surface area (Å²) in [5, 5.41) is 7.05. The molecule has 2 aromatic heterocycles. The molecule has 1 amide bonds. The molecule has 2 atom stereocenters. The van der Waals surface area contributed by atoms with Gasteiger partial charge in [-0.05, 0) is 79.8 Å². The van der Waals surface area contributed by atoms with Gasteiger partial charge in [-0.3, -0.25) is 9.78 Å². The summed E-state index contributed by atoms with van der Waals surface area (Å²) in [4.78, 5) is 19.5. The van der Waals surface area contributed by atoms with Crippen molar-refractivity contribution < 1.29 is 9.53 Å². The summed E-state index contributed by atoms with van der Waals surface area (Å²) in [6, 6.07) is 27.3. The third-order valence-electron chi connectivity index (χ3n) is 6.57. The highest BCUT2D eigenvalue weighted by Crippen LogP contribution is 2.40. The predicted molar refractivity (Wildman–Crippen MR) is 149 cm³/mol. The summed E-state index contributed by atoms with van der Waals surface area (Å²) in [5.41, 5.74) is 4.86. The molecule has 0 aliphatic carbocycles. The van der Waals surface area contributed by atoms with Crippen molar-refractivity contribution in [2.45, 2.75) is 25.4 Å². The van der Waals surface area contributed by atoms with Gasteiger partial charge in [-0.2, -0.15) is 0 Å². The van der Waals surface area contributed by atoms with Crippen LogP contribution < -0.4 is 15.4 Å². The minimum atomic E-state index is -0.169. The fourth-order valence-electron chi connectivity index (χ4n) is 4.81. The monoisotopic (exact) mass is 511 g/mol. The van der Waals surface area contributed by atoms with E-state index in [1.54, 1.807) is 13.3 Å². The predicted octanol–water partition coefficient (Wildman–Crippen LogP) is 5.19. The number of ether oxygens (including phenoxy) is 1. The van der Waals surface area contributed by atoms with Crippen molar-refractivity contribution in [1.82, 2.24) is 19.8 Å². The third kappa shape index (κ3) is 5.20. The van der Waals surface area contributed by atoms with E-state index in [4.69, 9.17) is 17.0 Å². The van der Waals surface area contributed by atoms with Gasteiger partial charge in [0.15, 0.2) is 5.11 Å². The third-order valence-corrected chi connectivity index (χ3v) is 6.93. The van der Waals surface area contributed by atoms with Gasteiger partial charge >= 0.3 is 0 Å². The number of thiocarbonyl (C=S) groups is 1. The molecule has 0 bridgehead atoms. The van der Waals surface area contributed by atoms with E-state index in [-0.39, 0.29) is 18.0 Å². The lowest BCUT2D eigenvalue weighted by Gasteiger charge is -2.29. The summed E-state index contributed by atoms with van der Waals surface area (Å²) >= 11 is 5.81. The van der Waals surface area contributed by atoms with E-state index in [0.29, 0.717) is 18.1 Å². The van der Waals surface area contributed by atoms with Gasteiger partial charge in [-0.1, -0.05) is 24.3 Å². The lowest BCUT2D eigenvalue weighted by Crippen LogP contribution is -2.33. The van der Waals surface area contributed by atoms with Crippen LogP contribution >= 0.6 is 12.2 Å². The first-order chi connectivity index (χ1) is 18.0. The molecule has 4 aromatic rings. The van der Waals surface area contributed by atoms with Crippen molar-refractivity contribution in [2.24, 2.45) is 0 Å². The summed E-state index contributed by atoms with van der Waals surface area (Å²) in [5.74, 6) is 0.743. The van der Waals surface area contributed by atoms with E-state index in [9.17, 15) is 4.79 Å². The van der Waals surface area contributed by atoms with Crippen LogP contribution in [0.2, 0.25) is 0 Å². The first-order valence-corrected chi connectivity index (χ1v) is 12.6. The summed E-state index contributed by atoms with van der Waals surface area (Å²) in [7, 11) is 1.66. The Labute approximate surface area is 222 Å². The van der Waals surface area contributed by atoms with E-state index >= 15 is 0 Å². The molecule has 2 aromatic carbocycles. The zero-order chi connectivity index (χ0) is 25.8. The Morgan fingerprint density at radius 2 is 1.78 bits per heavy atom. The van der Waals surface area contributed by atoms with E-state index in [2.05, 4.69) is 44.1 Å². The van der Waals surface area contributed by atoms with Crippen molar-refractivity contribution in [3.8, 4) is 11.4 Å². The molecule has 8 heteroatoms. The van der Waals surface area contributed by atoms with Crippen LogP contribution in [-0.4, -0.2) is 39.1 Å². The maximum Gasteiger partial charge on any atom is 0.226 e. The highest BCUT2D eigenvalue weighted by molar-refractivity contribution is 7.80. The average molecular weight is 512 g/mol. The number of carbonyl (C=O) groups is 1. The Morgan fingerprint density at radius 3 is 2.49 bits per heavy atom. The molecule has 0 unspecified atom stereocenters. The molecule has 1 saturated heterocycles. The van der Waals surface area contributed by atoms with Crippen LogP contribution in [0.3, 0.4) is 0 Å². The number of benzene rings is 2. The molecule has 2 N–H and O–H groups in total. The molecule has 1 aliphatic rings. The number of pyridine rings is 1. The molecular formula is C29H29N5O2S. The molecule has 37 heavy (non-hydrogen) atoms. The van der Waals surface area contributed by atoms with Crippen molar-refractivity contribution >= 4 is 28.9 Å². The normalized spacial score (nSPS) is 16.9. The average Bonchev–Trinajstić information content (AvgIpc) is 3.47. The number of rotatable bonds is 8. The minimum Gasteiger partial charge on any atom is -0.497 e. The number of nitrogens with one attached hydrogen (secondary N) is 2. The maximum absolute atomic E-state index is 12.8. The van der Waals surface area contributed by atoms with E-state index < -0.39 is 0 Å². The fraction of sp³-hybridized carbons (Fsp3) is 0.207. The van der Waals surface area contributed by atoms with Crippen LogP contribution in [0, 0.1) is 6.92 Å². The number of nitrogens with zero attached hydrogens (tertiary/aromatic N) is 3. The van der Waals surface area contributed by atoms with Crippen molar-refractivity contribution in [3.05, 3.63) is 108 Å². The van der Waals surface area contributed by atoms with Gasteiger partial charge in [-0.15, -0.1) is 0 Å². The SMILES string of the molecule is COc1ccc(-n2c(C)ccc2[C@@H]2[C@H](c3ccccn3)NC(=S)N2CCC(=O)Nc2ccccc2)cc1. The van der Waals surface area contributed by atoms with Crippen LogP contribution in [-0.2, 0) is 4.79 Å². The number of hydrogen-bond donors (Lipinski definition) is 2. The van der Waals surface area contributed by atoms with Gasteiger partial charge in [0, 0.05) is 41.9 Å². The number of para-hydroxylation sites is 1. The molecular weight excluding hydrogens is 482 g/mol. The molecule has 0 spiro atoms. The number of aryl methyl sites for hydroxylation is 1. The smallest absolute Gasteiger partial charge is 0.226 e. The number of aromatic nitrogens is 2. The molecule has 7 nitrogen and oxygen atoms in total. The number of hydrogen-bond acceptors (Lipinski definition) is 4. The maximum atomic E-state index is 12.8.